The minimum Gasteiger partial charge on any atom is -0.395 e. The molecule has 1 heterocycles. The summed E-state index contributed by atoms with van der Waals surface area (Å²) >= 11 is 0. The number of aliphatic hydroxyl groups is 1. The molecule has 12 heavy (non-hydrogen) atoms. The molecule has 1 aliphatic heterocycles. The van der Waals surface area contributed by atoms with E-state index < -0.39 is 0 Å². The summed E-state index contributed by atoms with van der Waals surface area (Å²) in [5, 5.41) is 12.3. The van der Waals surface area contributed by atoms with Crippen LogP contribution in [0.25, 0.3) is 0 Å². The molecule has 1 aliphatic rings. The molecule has 0 saturated carbocycles. The zero-order valence-electron chi connectivity index (χ0n) is 8.30. The van der Waals surface area contributed by atoms with Gasteiger partial charge in [0, 0.05) is 31.2 Å². The average molecular weight is 172 g/mol. The quantitative estimate of drug-likeness (QED) is 0.587. The molecule has 0 aromatic heterocycles. The van der Waals surface area contributed by atoms with Crippen LogP contribution in [0, 0.1) is 0 Å². The Labute approximate surface area is 74.8 Å². The largest absolute Gasteiger partial charge is 0.395 e. The second kappa shape index (κ2) is 3.73. The van der Waals surface area contributed by atoms with Crippen molar-refractivity contribution < 1.29 is 5.11 Å². The van der Waals surface area contributed by atoms with Gasteiger partial charge in [-0.05, 0) is 20.8 Å². The lowest BCUT2D eigenvalue weighted by atomic mass is 10.0. The van der Waals surface area contributed by atoms with Gasteiger partial charge in [-0.15, -0.1) is 0 Å². The molecule has 3 nitrogen and oxygen atoms in total. The SMILES string of the molecule is CC(C)(C)N1CCN[C@H](CO)C1. The van der Waals surface area contributed by atoms with E-state index in [1.807, 2.05) is 0 Å². The Morgan fingerprint density at radius 1 is 1.50 bits per heavy atom. The third-order valence-corrected chi connectivity index (χ3v) is 2.42. The standard InChI is InChI=1S/C9H20N2O/c1-9(2,3)11-5-4-10-8(6-11)7-12/h8,10,12H,4-7H2,1-3H3/t8-/m0/s1. The molecule has 0 amide bonds. The maximum absolute atomic E-state index is 8.99. The number of rotatable bonds is 1. The summed E-state index contributed by atoms with van der Waals surface area (Å²) in [6, 6.07) is 0.262. The Bertz CT molecular complexity index is 142. The van der Waals surface area contributed by atoms with Gasteiger partial charge < -0.3 is 10.4 Å². The van der Waals surface area contributed by atoms with Gasteiger partial charge in [-0.2, -0.15) is 0 Å². The van der Waals surface area contributed by atoms with Gasteiger partial charge in [0.15, 0.2) is 0 Å². The van der Waals surface area contributed by atoms with E-state index in [4.69, 9.17) is 5.11 Å². The molecule has 3 heteroatoms. The van der Waals surface area contributed by atoms with E-state index in [9.17, 15) is 0 Å². The molecule has 1 rings (SSSR count). The molecule has 0 aromatic rings. The maximum atomic E-state index is 8.99. The molecule has 0 spiro atoms. The molecule has 72 valence electrons. The minimum absolute atomic E-state index is 0.232. The van der Waals surface area contributed by atoms with Crippen LogP contribution in [0.15, 0.2) is 0 Å². The van der Waals surface area contributed by atoms with Crippen molar-refractivity contribution in [3.05, 3.63) is 0 Å². The van der Waals surface area contributed by atoms with Crippen LogP contribution in [0.1, 0.15) is 20.8 Å². The third-order valence-electron chi connectivity index (χ3n) is 2.42. The lowest BCUT2D eigenvalue weighted by Crippen LogP contribution is -2.57. The van der Waals surface area contributed by atoms with E-state index in [1.54, 1.807) is 0 Å². The number of nitrogens with zero attached hydrogens (tertiary/aromatic N) is 1. The van der Waals surface area contributed by atoms with Crippen LogP contribution in [0.5, 0.6) is 0 Å². The van der Waals surface area contributed by atoms with Crippen LogP contribution in [0.2, 0.25) is 0 Å². The number of hydrogen-bond acceptors (Lipinski definition) is 3. The van der Waals surface area contributed by atoms with Crippen molar-refractivity contribution in [2.75, 3.05) is 26.2 Å². The first kappa shape index (κ1) is 9.96. The Hall–Kier alpha value is -0.120. The van der Waals surface area contributed by atoms with Crippen molar-refractivity contribution in [1.82, 2.24) is 10.2 Å². The van der Waals surface area contributed by atoms with Gasteiger partial charge in [-0.3, -0.25) is 4.90 Å². The number of piperazine rings is 1. The maximum Gasteiger partial charge on any atom is 0.0597 e. The predicted octanol–water partition coefficient (Wildman–Crippen LogP) is 0.0510. The van der Waals surface area contributed by atoms with Crippen molar-refractivity contribution in [2.45, 2.75) is 32.4 Å². The normalized spacial score (nSPS) is 27.5. The molecular weight excluding hydrogens is 152 g/mol. The highest BCUT2D eigenvalue weighted by molar-refractivity contribution is 4.85. The Kier molecular flexibility index (Phi) is 3.09. The number of nitrogens with one attached hydrogen (secondary N) is 1. The van der Waals surface area contributed by atoms with Crippen molar-refractivity contribution in [2.24, 2.45) is 0 Å². The molecule has 0 aromatic carbocycles. The summed E-state index contributed by atoms with van der Waals surface area (Å²) in [6.07, 6.45) is 0. The van der Waals surface area contributed by atoms with Gasteiger partial charge in [0.25, 0.3) is 0 Å². The average Bonchev–Trinajstić information content (AvgIpc) is 2.03. The summed E-state index contributed by atoms with van der Waals surface area (Å²) in [6.45, 7) is 9.92. The van der Waals surface area contributed by atoms with Crippen molar-refractivity contribution in [3.8, 4) is 0 Å². The van der Waals surface area contributed by atoms with E-state index in [0.29, 0.717) is 0 Å². The first-order valence-corrected chi connectivity index (χ1v) is 4.63. The van der Waals surface area contributed by atoms with E-state index in [1.165, 1.54) is 0 Å². The van der Waals surface area contributed by atoms with E-state index in [2.05, 4.69) is 31.0 Å². The van der Waals surface area contributed by atoms with Crippen molar-refractivity contribution in [3.63, 3.8) is 0 Å². The minimum atomic E-state index is 0.232. The fourth-order valence-corrected chi connectivity index (χ4v) is 1.56. The van der Waals surface area contributed by atoms with Gasteiger partial charge in [0.05, 0.1) is 6.61 Å². The van der Waals surface area contributed by atoms with Crippen LogP contribution in [0.3, 0.4) is 0 Å². The zero-order valence-corrected chi connectivity index (χ0v) is 8.30. The first-order valence-electron chi connectivity index (χ1n) is 4.63. The highest BCUT2D eigenvalue weighted by Gasteiger charge is 2.26. The van der Waals surface area contributed by atoms with E-state index >= 15 is 0 Å². The predicted molar refractivity (Wildman–Crippen MR) is 50.2 cm³/mol. The molecule has 0 aliphatic carbocycles. The third kappa shape index (κ3) is 2.44. The summed E-state index contributed by atoms with van der Waals surface area (Å²) < 4.78 is 0. The molecule has 0 bridgehead atoms. The van der Waals surface area contributed by atoms with E-state index in [-0.39, 0.29) is 18.2 Å². The van der Waals surface area contributed by atoms with Crippen LogP contribution in [0.4, 0.5) is 0 Å². The van der Waals surface area contributed by atoms with Gasteiger partial charge in [-0.25, -0.2) is 0 Å². The summed E-state index contributed by atoms with van der Waals surface area (Å²) in [5.41, 5.74) is 0.232. The highest BCUT2D eigenvalue weighted by atomic mass is 16.3. The van der Waals surface area contributed by atoms with Crippen molar-refractivity contribution >= 4 is 0 Å². The molecular formula is C9H20N2O. The second-order valence-electron chi connectivity index (χ2n) is 4.45. The second-order valence-corrected chi connectivity index (χ2v) is 4.45. The van der Waals surface area contributed by atoms with Crippen LogP contribution in [-0.2, 0) is 0 Å². The fraction of sp³-hybridized carbons (Fsp3) is 1.00. The van der Waals surface area contributed by atoms with Crippen LogP contribution < -0.4 is 5.32 Å². The monoisotopic (exact) mass is 172 g/mol. The Balaban J connectivity index is 2.46. The molecule has 2 N–H and O–H groups in total. The molecule has 0 unspecified atom stereocenters. The molecule has 1 fully saturated rings. The Morgan fingerprint density at radius 2 is 2.17 bits per heavy atom. The van der Waals surface area contributed by atoms with Gasteiger partial charge in [-0.1, -0.05) is 0 Å². The lowest BCUT2D eigenvalue weighted by Gasteiger charge is -2.41. The summed E-state index contributed by atoms with van der Waals surface area (Å²) in [7, 11) is 0. The molecule has 1 saturated heterocycles. The Morgan fingerprint density at radius 3 is 2.67 bits per heavy atom. The smallest absolute Gasteiger partial charge is 0.0597 e. The van der Waals surface area contributed by atoms with Gasteiger partial charge in [0.1, 0.15) is 0 Å². The topological polar surface area (TPSA) is 35.5 Å². The first-order chi connectivity index (χ1) is 5.54. The molecule has 1 atom stereocenters. The number of hydrogen-bond donors (Lipinski definition) is 2. The summed E-state index contributed by atoms with van der Waals surface area (Å²) in [4.78, 5) is 2.41. The zero-order chi connectivity index (χ0) is 9.19. The highest BCUT2D eigenvalue weighted by Crippen LogP contribution is 2.14. The molecule has 0 radical (unpaired) electrons. The van der Waals surface area contributed by atoms with Crippen LogP contribution in [-0.4, -0.2) is 47.8 Å². The number of aliphatic hydroxyl groups excluding tert-OH is 1. The fourth-order valence-electron chi connectivity index (χ4n) is 1.56. The van der Waals surface area contributed by atoms with Crippen molar-refractivity contribution in [1.29, 1.82) is 0 Å². The van der Waals surface area contributed by atoms with Gasteiger partial charge >= 0.3 is 0 Å². The summed E-state index contributed by atoms with van der Waals surface area (Å²) in [5.74, 6) is 0. The lowest BCUT2D eigenvalue weighted by molar-refractivity contribution is 0.0764. The van der Waals surface area contributed by atoms with E-state index in [0.717, 1.165) is 19.6 Å². The van der Waals surface area contributed by atoms with Gasteiger partial charge in [0.2, 0.25) is 0 Å². The van der Waals surface area contributed by atoms with Crippen LogP contribution >= 0.6 is 0 Å².